The molecular formula is C23H30O. The highest BCUT2D eigenvalue weighted by atomic mass is 16.1. The molecule has 0 saturated carbocycles. The number of unbranched alkanes of at least 4 members (excludes halogenated alkanes) is 8. The molecule has 0 unspecified atom stereocenters. The quantitative estimate of drug-likeness (QED) is 0.452. The Bertz CT molecular complexity index is 682. The summed E-state index contributed by atoms with van der Waals surface area (Å²) in [5, 5.41) is 2.40. The first kappa shape index (κ1) is 17.2. The zero-order valence-corrected chi connectivity index (χ0v) is 15.0. The Kier molecular flexibility index (Phi) is 6.07. The maximum atomic E-state index is 12.3. The van der Waals surface area contributed by atoms with Gasteiger partial charge in [-0.05, 0) is 29.3 Å². The van der Waals surface area contributed by atoms with Crippen molar-refractivity contribution in [1.29, 1.82) is 0 Å². The molecule has 0 N–H and O–H groups in total. The molecule has 2 bridgehead atoms. The predicted octanol–water partition coefficient (Wildman–Crippen LogP) is 6.57. The van der Waals surface area contributed by atoms with E-state index >= 15 is 0 Å². The largest absolute Gasteiger partial charge is 0.289 e. The molecule has 0 heterocycles. The van der Waals surface area contributed by atoms with Crippen LogP contribution in [0.2, 0.25) is 0 Å². The summed E-state index contributed by atoms with van der Waals surface area (Å²) < 4.78 is 0. The van der Waals surface area contributed by atoms with Crippen LogP contribution in [0.4, 0.5) is 0 Å². The van der Waals surface area contributed by atoms with Crippen molar-refractivity contribution in [3.63, 3.8) is 0 Å². The van der Waals surface area contributed by atoms with Crippen molar-refractivity contribution in [3.8, 4) is 0 Å². The van der Waals surface area contributed by atoms with Gasteiger partial charge < -0.3 is 0 Å². The van der Waals surface area contributed by atoms with E-state index < -0.39 is 0 Å². The minimum absolute atomic E-state index is 0.284. The average Bonchev–Trinajstić information content (AvgIpc) is 2.87. The molecule has 24 heavy (non-hydrogen) atoms. The lowest BCUT2D eigenvalue weighted by Crippen LogP contribution is -2.28. The molecule has 128 valence electrons. The summed E-state index contributed by atoms with van der Waals surface area (Å²) in [7, 11) is 0. The van der Waals surface area contributed by atoms with Crippen LogP contribution in [0.5, 0.6) is 0 Å². The highest BCUT2D eigenvalue weighted by Gasteiger charge is 2.29. The number of benzene rings is 1. The molecule has 1 heteroatoms. The van der Waals surface area contributed by atoms with Crippen molar-refractivity contribution in [1.82, 2.24) is 0 Å². The van der Waals surface area contributed by atoms with Crippen molar-refractivity contribution < 1.29 is 0 Å². The number of hydrogen-bond donors (Lipinski definition) is 0. The van der Waals surface area contributed by atoms with Crippen LogP contribution in [0.15, 0.2) is 41.2 Å². The number of hydrogen-bond acceptors (Lipinski definition) is 1. The molecule has 1 nitrogen and oxygen atoms in total. The second-order valence-corrected chi connectivity index (χ2v) is 7.33. The third kappa shape index (κ3) is 3.88. The van der Waals surface area contributed by atoms with Crippen LogP contribution in [0, 0.1) is 0 Å². The topological polar surface area (TPSA) is 17.1 Å². The maximum absolute atomic E-state index is 12.3. The Morgan fingerprint density at radius 3 is 1.79 bits per heavy atom. The molecular weight excluding hydrogens is 292 g/mol. The Balaban J connectivity index is 1.45. The first-order chi connectivity index (χ1) is 11.8. The minimum Gasteiger partial charge on any atom is -0.289 e. The van der Waals surface area contributed by atoms with Crippen LogP contribution >= 0.6 is 0 Å². The Hall–Kier alpha value is -1.63. The maximum Gasteiger partial charge on any atom is 0.186 e. The Morgan fingerprint density at radius 2 is 1.25 bits per heavy atom. The van der Waals surface area contributed by atoms with E-state index in [-0.39, 0.29) is 5.43 Å². The highest BCUT2D eigenvalue weighted by Crippen LogP contribution is 2.35. The summed E-state index contributed by atoms with van der Waals surface area (Å²) in [6, 6.07) is 12.6. The molecule has 0 radical (unpaired) electrons. The van der Waals surface area contributed by atoms with Gasteiger partial charge in [0.1, 0.15) is 0 Å². The molecule has 2 aromatic carbocycles. The van der Waals surface area contributed by atoms with Crippen LogP contribution in [-0.4, -0.2) is 0 Å². The summed E-state index contributed by atoms with van der Waals surface area (Å²) >= 11 is 0. The first-order valence-corrected chi connectivity index (χ1v) is 9.88. The van der Waals surface area contributed by atoms with Gasteiger partial charge in [0, 0.05) is 17.0 Å². The Morgan fingerprint density at radius 1 is 0.750 bits per heavy atom. The van der Waals surface area contributed by atoms with E-state index in [0.717, 1.165) is 17.5 Å². The summed E-state index contributed by atoms with van der Waals surface area (Å²) in [4.78, 5) is 12.3. The normalized spacial score (nSPS) is 13.2. The monoisotopic (exact) mass is 322 g/mol. The smallest absolute Gasteiger partial charge is 0.186 e. The van der Waals surface area contributed by atoms with E-state index in [0.29, 0.717) is 5.92 Å². The van der Waals surface area contributed by atoms with Crippen LogP contribution in [-0.2, 0) is 0 Å². The van der Waals surface area contributed by atoms with Gasteiger partial charge in [0.15, 0.2) is 5.43 Å². The SMILES string of the molecule is CCCCCCCCCCCC1c2cc3ccccc3cc1c2=O. The average molecular weight is 322 g/mol. The third-order valence-electron chi connectivity index (χ3n) is 5.49. The molecule has 2 aromatic rings. The van der Waals surface area contributed by atoms with Gasteiger partial charge in [-0.15, -0.1) is 0 Å². The van der Waals surface area contributed by atoms with Gasteiger partial charge in [-0.2, -0.15) is 0 Å². The van der Waals surface area contributed by atoms with Crippen molar-refractivity contribution in [2.24, 2.45) is 0 Å². The molecule has 0 fully saturated rings. The Labute approximate surface area is 146 Å². The van der Waals surface area contributed by atoms with Crippen molar-refractivity contribution in [2.45, 2.75) is 77.0 Å². The van der Waals surface area contributed by atoms with Crippen molar-refractivity contribution in [3.05, 3.63) is 57.7 Å². The fourth-order valence-electron chi connectivity index (χ4n) is 3.98. The molecule has 2 aliphatic rings. The summed E-state index contributed by atoms with van der Waals surface area (Å²) in [6.45, 7) is 2.27. The fraction of sp³-hybridized carbons (Fsp3) is 0.522. The molecule has 0 spiro atoms. The van der Waals surface area contributed by atoms with Crippen LogP contribution in [0.1, 0.15) is 88.2 Å². The van der Waals surface area contributed by atoms with Gasteiger partial charge in [0.05, 0.1) is 0 Å². The molecule has 2 aliphatic carbocycles. The van der Waals surface area contributed by atoms with Gasteiger partial charge in [0.25, 0.3) is 0 Å². The van der Waals surface area contributed by atoms with E-state index in [1.807, 2.05) is 0 Å². The van der Waals surface area contributed by atoms with Crippen LogP contribution in [0.25, 0.3) is 10.8 Å². The molecule has 0 aliphatic heterocycles. The van der Waals surface area contributed by atoms with E-state index in [1.165, 1.54) is 68.6 Å². The van der Waals surface area contributed by atoms with E-state index in [4.69, 9.17) is 0 Å². The molecule has 0 atom stereocenters. The predicted molar refractivity (Wildman–Crippen MR) is 104 cm³/mol. The highest BCUT2D eigenvalue weighted by molar-refractivity contribution is 5.84. The zero-order valence-electron chi connectivity index (χ0n) is 15.0. The molecule has 0 aromatic heterocycles. The standard InChI is InChI=1S/C23H30O/c1-2-3-4-5-6-7-8-9-10-15-20-21-16-18-13-11-12-14-19(18)17-22(20)23(21)24/h11-14,16-17,20H,2-10,15H2,1H3. The van der Waals surface area contributed by atoms with Gasteiger partial charge in [-0.25, -0.2) is 0 Å². The van der Waals surface area contributed by atoms with Gasteiger partial charge >= 0.3 is 0 Å². The molecule has 0 amide bonds. The molecule has 4 rings (SSSR count). The second-order valence-electron chi connectivity index (χ2n) is 7.33. The fourth-order valence-corrected chi connectivity index (χ4v) is 3.98. The van der Waals surface area contributed by atoms with Gasteiger partial charge in [-0.3, -0.25) is 4.79 Å². The summed E-state index contributed by atoms with van der Waals surface area (Å²) in [5.74, 6) is 0.398. The summed E-state index contributed by atoms with van der Waals surface area (Å²) in [6.07, 6.45) is 13.4. The zero-order chi connectivity index (χ0) is 16.8. The van der Waals surface area contributed by atoms with Gasteiger partial charge in [0.2, 0.25) is 0 Å². The second kappa shape index (κ2) is 8.46. The van der Waals surface area contributed by atoms with Crippen LogP contribution < -0.4 is 5.43 Å². The minimum atomic E-state index is 0.284. The van der Waals surface area contributed by atoms with E-state index in [2.05, 4.69) is 43.3 Å². The van der Waals surface area contributed by atoms with Crippen molar-refractivity contribution in [2.75, 3.05) is 0 Å². The molecule has 0 saturated heterocycles. The lowest BCUT2D eigenvalue weighted by molar-refractivity contribution is 0.538. The van der Waals surface area contributed by atoms with E-state index in [9.17, 15) is 4.79 Å². The van der Waals surface area contributed by atoms with E-state index in [1.54, 1.807) is 0 Å². The third-order valence-corrected chi connectivity index (χ3v) is 5.49. The van der Waals surface area contributed by atoms with Crippen molar-refractivity contribution >= 4 is 10.8 Å². The lowest BCUT2D eigenvalue weighted by Gasteiger charge is -2.22. The first-order valence-electron chi connectivity index (χ1n) is 9.88. The lowest BCUT2D eigenvalue weighted by atomic mass is 9.79. The van der Waals surface area contributed by atoms with Crippen LogP contribution in [0.3, 0.4) is 0 Å². The number of rotatable bonds is 10. The van der Waals surface area contributed by atoms with Gasteiger partial charge in [-0.1, -0.05) is 89.0 Å². The summed E-state index contributed by atoms with van der Waals surface area (Å²) in [5.41, 5.74) is 2.38.